The molecule has 120 valence electrons. The van der Waals surface area contributed by atoms with Gasteiger partial charge in [-0.1, -0.05) is 23.7 Å². The van der Waals surface area contributed by atoms with Crippen LogP contribution in [0.25, 0.3) is 0 Å². The van der Waals surface area contributed by atoms with Crippen molar-refractivity contribution in [3.05, 3.63) is 34.9 Å². The smallest absolute Gasteiger partial charge is 0.0589 e. The summed E-state index contributed by atoms with van der Waals surface area (Å²) >= 11 is 5.98. The molecule has 0 radical (unpaired) electrons. The lowest BCUT2D eigenvalue weighted by molar-refractivity contribution is 0.0981. The molecule has 0 saturated heterocycles. The van der Waals surface area contributed by atoms with Crippen molar-refractivity contribution < 1.29 is 9.47 Å². The highest BCUT2D eigenvalue weighted by Gasteiger charge is 2.23. The summed E-state index contributed by atoms with van der Waals surface area (Å²) in [4.78, 5) is 2.36. The highest BCUT2D eigenvalue weighted by Crippen LogP contribution is 2.25. The van der Waals surface area contributed by atoms with E-state index in [1.54, 1.807) is 14.2 Å². The van der Waals surface area contributed by atoms with Gasteiger partial charge in [0.2, 0.25) is 0 Å². The molecule has 0 aliphatic carbocycles. The monoisotopic (exact) mass is 314 g/mol. The van der Waals surface area contributed by atoms with E-state index in [9.17, 15) is 0 Å². The number of methoxy groups -OCH3 is 2. The topological polar surface area (TPSA) is 47.7 Å². The average Bonchev–Trinajstić information content (AvgIpc) is 2.46. The largest absolute Gasteiger partial charge is 0.385 e. The summed E-state index contributed by atoms with van der Waals surface area (Å²) in [5.74, 6) is 0. The maximum absolute atomic E-state index is 6.24. The van der Waals surface area contributed by atoms with Gasteiger partial charge in [0.25, 0.3) is 0 Å². The predicted octanol–water partition coefficient (Wildman–Crippen LogP) is 2.71. The number of nitrogens with zero attached hydrogens (tertiary/aromatic N) is 1. The van der Waals surface area contributed by atoms with Crippen molar-refractivity contribution in [1.82, 2.24) is 4.90 Å². The molecule has 21 heavy (non-hydrogen) atoms. The van der Waals surface area contributed by atoms with Crippen LogP contribution in [0.4, 0.5) is 0 Å². The lowest BCUT2D eigenvalue weighted by atomic mass is 9.99. The molecule has 2 N–H and O–H groups in total. The summed E-state index contributed by atoms with van der Waals surface area (Å²) in [6, 6.07) is 8.09. The molecule has 2 atom stereocenters. The fraction of sp³-hybridized carbons (Fsp3) is 0.625. The van der Waals surface area contributed by atoms with Crippen LogP contribution in [-0.2, 0) is 9.47 Å². The Morgan fingerprint density at radius 3 is 2.24 bits per heavy atom. The third-order valence-corrected chi connectivity index (χ3v) is 3.73. The molecule has 1 aromatic carbocycles. The van der Waals surface area contributed by atoms with Gasteiger partial charge >= 0.3 is 0 Å². The minimum absolute atomic E-state index is 0.0191. The third-order valence-electron chi connectivity index (χ3n) is 3.48. The third kappa shape index (κ3) is 6.32. The van der Waals surface area contributed by atoms with Crippen molar-refractivity contribution >= 4 is 11.6 Å². The molecular weight excluding hydrogens is 288 g/mol. The Kier molecular flexibility index (Phi) is 8.88. The zero-order valence-electron chi connectivity index (χ0n) is 13.2. The second kappa shape index (κ2) is 10.1. The normalized spacial score (nSPS) is 14.4. The van der Waals surface area contributed by atoms with Crippen LogP contribution in [0, 0.1) is 0 Å². The minimum Gasteiger partial charge on any atom is -0.385 e. The SMILES string of the molecule is COCCCN(CCOC)C(c1ccc(Cl)cc1)C(C)N. The van der Waals surface area contributed by atoms with Gasteiger partial charge in [-0.2, -0.15) is 0 Å². The molecule has 1 rings (SSSR count). The molecular formula is C16H27ClN2O2. The molecule has 0 aromatic heterocycles. The van der Waals surface area contributed by atoms with Crippen LogP contribution >= 0.6 is 11.6 Å². The summed E-state index contributed by atoms with van der Waals surface area (Å²) in [6.07, 6.45) is 0.969. The average molecular weight is 315 g/mol. The number of halogens is 1. The number of rotatable bonds is 10. The van der Waals surface area contributed by atoms with Crippen molar-refractivity contribution in [2.45, 2.75) is 25.4 Å². The van der Waals surface area contributed by atoms with Gasteiger partial charge in [0.1, 0.15) is 0 Å². The van der Waals surface area contributed by atoms with Crippen molar-refractivity contribution in [2.24, 2.45) is 5.73 Å². The van der Waals surface area contributed by atoms with Gasteiger partial charge in [0, 0.05) is 51.0 Å². The number of nitrogens with two attached hydrogens (primary N) is 1. The van der Waals surface area contributed by atoms with Crippen LogP contribution in [-0.4, -0.2) is 51.5 Å². The van der Waals surface area contributed by atoms with Crippen molar-refractivity contribution in [3.8, 4) is 0 Å². The fourth-order valence-corrected chi connectivity index (χ4v) is 2.64. The van der Waals surface area contributed by atoms with Crippen LogP contribution in [0.5, 0.6) is 0 Å². The Bertz CT molecular complexity index is 384. The zero-order chi connectivity index (χ0) is 15.7. The quantitative estimate of drug-likeness (QED) is 0.675. The zero-order valence-corrected chi connectivity index (χ0v) is 14.0. The lowest BCUT2D eigenvalue weighted by Crippen LogP contribution is -2.41. The van der Waals surface area contributed by atoms with E-state index in [4.69, 9.17) is 26.8 Å². The van der Waals surface area contributed by atoms with E-state index >= 15 is 0 Å². The van der Waals surface area contributed by atoms with Crippen LogP contribution in [0.2, 0.25) is 5.02 Å². The van der Waals surface area contributed by atoms with E-state index in [0.29, 0.717) is 6.61 Å². The molecule has 0 fully saturated rings. The Morgan fingerprint density at radius 2 is 1.71 bits per heavy atom. The van der Waals surface area contributed by atoms with E-state index in [0.717, 1.165) is 31.1 Å². The molecule has 4 nitrogen and oxygen atoms in total. The first-order valence-corrected chi connectivity index (χ1v) is 7.71. The molecule has 2 unspecified atom stereocenters. The van der Waals surface area contributed by atoms with Crippen LogP contribution < -0.4 is 5.73 Å². The fourth-order valence-electron chi connectivity index (χ4n) is 2.52. The first-order valence-electron chi connectivity index (χ1n) is 7.33. The van der Waals surface area contributed by atoms with E-state index in [1.807, 2.05) is 31.2 Å². The first-order chi connectivity index (χ1) is 10.1. The van der Waals surface area contributed by atoms with E-state index in [2.05, 4.69) is 4.90 Å². The Hall–Kier alpha value is -0.650. The Morgan fingerprint density at radius 1 is 1.10 bits per heavy atom. The van der Waals surface area contributed by atoms with Crippen LogP contribution in [0.15, 0.2) is 24.3 Å². The van der Waals surface area contributed by atoms with E-state index < -0.39 is 0 Å². The van der Waals surface area contributed by atoms with Gasteiger partial charge in [-0.25, -0.2) is 0 Å². The molecule has 5 heteroatoms. The molecule has 0 spiro atoms. The number of benzene rings is 1. The second-order valence-corrected chi connectivity index (χ2v) is 5.67. The number of hydrogen-bond acceptors (Lipinski definition) is 4. The Labute approximate surface area is 133 Å². The van der Waals surface area contributed by atoms with Crippen molar-refractivity contribution in [1.29, 1.82) is 0 Å². The maximum atomic E-state index is 6.24. The summed E-state index contributed by atoms with van der Waals surface area (Å²) < 4.78 is 10.4. The summed E-state index contributed by atoms with van der Waals surface area (Å²) in [6.45, 7) is 5.23. The number of ether oxygens (including phenoxy) is 2. The van der Waals surface area contributed by atoms with Crippen molar-refractivity contribution in [3.63, 3.8) is 0 Å². The van der Waals surface area contributed by atoms with Crippen LogP contribution in [0.1, 0.15) is 24.9 Å². The van der Waals surface area contributed by atoms with Crippen LogP contribution in [0.3, 0.4) is 0 Å². The molecule has 1 aromatic rings. The van der Waals surface area contributed by atoms with E-state index in [1.165, 1.54) is 5.56 Å². The Balaban J connectivity index is 2.86. The van der Waals surface area contributed by atoms with E-state index in [-0.39, 0.29) is 12.1 Å². The molecule has 0 bridgehead atoms. The van der Waals surface area contributed by atoms with Gasteiger partial charge in [-0.3, -0.25) is 4.90 Å². The molecule has 0 saturated carbocycles. The maximum Gasteiger partial charge on any atom is 0.0589 e. The second-order valence-electron chi connectivity index (χ2n) is 5.23. The lowest BCUT2D eigenvalue weighted by Gasteiger charge is -2.34. The van der Waals surface area contributed by atoms with Gasteiger partial charge in [-0.05, 0) is 31.0 Å². The molecule has 0 aliphatic rings. The molecule has 0 heterocycles. The number of hydrogen-bond donors (Lipinski definition) is 1. The summed E-state index contributed by atoms with van der Waals surface area (Å²) in [5.41, 5.74) is 7.42. The molecule has 0 aliphatic heterocycles. The van der Waals surface area contributed by atoms with Gasteiger partial charge < -0.3 is 15.2 Å². The minimum atomic E-state index is 0.0191. The van der Waals surface area contributed by atoms with Crippen molar-refractivity contribution in [2.75, 3.05) is 40.5 Å². The van der Waals surface area contributed by atoms with Gasteiger partial charge in [0.05, 0.1) is 6.61 Å². The molecule has 0 amide bonds. The highest BCUT2D eigenvalue weighted by atomic mass is 35.5. The summed E-state index contributed by atoms with van der Waals surface area (Å²) in [5, 5.41) is 0.741. The van der Waals surface area contributed by atoms with Gasteiger partial charge in [-0.15, -0.1) is 0 Å². The van der Waals surface area contributed by atoms with Gasteiger partial charge in [0.15, 0.2) is 0 Å². The standard InChI is InChI=1S/C16H27ClN2O2/c1-13(18)16(14-5-7-15(17)8-6-14)19(10-12-21-3)9-4-11-20-2/h5-8,13,16H,4,9-12,18H2,1-3H3. The first kappa shape index (κ1) is 18.4. The summed E-state index contributed by atoms with van der Waals surface area (Å²) in [7, 11) is 3.44. The highest BCUT2D eigenvalue weighted by molar-refractivity contribution is 6.30. The predicted molar refractivity (Wildman–Crippen MR) is 87.8 cm³/mol.